The fraction of sp³-hybridized carbons (Fsp3) is 0.654. The van der Waals surface area contributed by atoms with Crippen molar-refractivity contribution >= 4 is 18.4 Å². The molecular formula is C26H44ClNO2. The number of nitrogens with two attached hydrogens (primary N) is 1. The molecule has 1 aromatic carbocycles. The van der Waals surface area contributed by atoms with E-state index < -0.39 is 6.04 Å². The maximum atomic E-state index is 12.0. The Morgan fingerprint density at radius 1 is 0.833 bits per heavy atom. The van der Waals surface area contributed by atoms with Gasteiger partial charge in [-0.25, -0.2) is 4.79 Å². The number of ether oxygens (including phenoxy) is 1. The summed E-state index contributed by atoms with van der Waals surface area (Å²) in [4.78, 5) is 12.0. The Balaban J connectivity index is 0.00000841. The molecule has 3 nitrogen and oxygen atoms in total. The van der Waals surface area contributed by atoms with Crippen molar-refractivity contribution in [2.75, 3.05) is 6.61 Å². The zero-order valence-corrected chi connectivity index (χ0v) is 19.8. The molecule has 1 rings (SSSR count). The minimum Gasteiger partial charge on any atom is -0.464 e. The third-order valence-electron chi connectivity index (χ3n) is 5.31. The number of hydrogen-bond donors (Lipinski definition) is 1. The summed E-state index contributed by atoms with van der Waals surface area (Å²) in [5, 5.41) is 0. The zero-order chi connectivity index (χ0) is 21.0. The predicted octanol–water partition coefficient (Wildman–Crippen LogP) is 7.69. The third kappa shape index (κ3) is 15.5. The van der Waals surface area contributed by atoms with Crippen molar-refractivity contribution in [1.82, 2.24) is 0 Å². The molecule has 4 heteroatoms. The number of carbonyl (C=O) groups excluding carboxylic acids is 1. The molecule has 0 spiro atoms. The van der Waals surface area contributed by atoms with Crippen LogP contribution in [0.2, 0.25) is 0 Å². The molecule has 30 heavy (non-hydrogen) atoms. The van der Waals surface area contributed by atoms with Crippen molar-refractivity contribution in [3.05, 3.63) is 48.0 Å². The number of allylic oxidation sites excluding steroid dienone is 2. The van der Waals surface area contributed by atoms with Crippen molar-refractivity contribution in [2.24, 2.45) is 5.73 Å². The summed E-state index contributed by atoms with van der Waals surface area (Å²) in [6.45, 7) is 2.74. The molecule has 0 aromatic heterocycles. The molecule has 0 unspecified atom stereocenters. The summed E-state index contributed by atoms with van der Waals surface area (Å²) in [5.74, 6) is -0.330. The highest BCUT2D eigenvalue weighted by atomic mass is 35.5. The van der Waals surface area contributed by atoms with E-state index in [-0.39, 0.29) is 18.4 Å². The van der Waals surface area contributed by atoms with Gasteiger partial charge >= 0.3 is 5.97 Å². The van der Waals surface area contributed by atoms with Crippen LogP contribution >= 0.6 is 12.4 Å². The van der Waals surface area contributed by atoms with Gasteiger partial charge in [0.2, 0.25) is 0 Å². The maximum absolute atomic E-state index is 12.0. The Morgan fingerprint density at radius 2 is 1.33 bits per heavy atom. The van der Waals surface area contributed by atoms with Gasteiger partial charge in [-0.05, 0) is 37.7 Å². The van der Waals surface area contributed by atoms with Gasteiger partial charge in [-0.3, -0.25) is 0 Å². The lowest BCUT2D eigenvalue weighted by Gasteiger charge is -2.11. The normalized spacial score (nSPS) is 11.9. The first-order valence-corrected chi connectivity index (χ1v) is 11.9. The van der Waals surface area contributed by atoms with Gasteiger partial charge in [0.25, 0.3) is 0 Å². The Morgan fingerprint density at radius 3 is 1.90 bits per heavy atom. The highest BCUT2D eigenvalue weighted by Gasteiger charge is 2.16. The molecule has 0 aliphatic carbocycles. The topological polar surface area (TPSA) is 52.3 Å². The largest absolute Gasteiger partial charge is 0.464 e. The Labute approximate surface area is 191 Å². The van der Waals surface area contributed by atoms with E-state index in [2.05, 4.69) is 19.1 Å². The van der Waals surface area contributed by atoms with Crippen molar-refractivity contribution in [2.45, 2.75) is 103 Å². The van der Waals surface area contributed by atoms with Crippen LogP contribution in [0.25, 0.3) is 0 Å². The number of benzene rings is 1. The smallest absolute Gasteiger partial charge is 0.327 e. The molecule has 0 saturated heterocycles. The van der Waals surface area contributed by atoms with Gasteiger partial charge in [0, 0.05) is 0 Å². The van der Waals surface area contributed by atoms with E-state index >= 15 is 0 Å². The van der Waals surface area contributed by atoms with Crippen molar-refractivity contribution in [3.63, 3.8) is 0 Å². The number of esters is 1. The lowest BCUT2D eigenvalue weighted by atomic mass is 10.1. The van der Waals surface area contributed by atoms with E-state index in [1.165, 1.54) is 77.0 Å². The standard InChI is InChI=1S/C26H43NO2.ClH/c1-2-3-4-5-6-7-8-9-10-11-12-13-14-15-16-20-23-29-26(28)25(27)24-21-18-17-19-22-24;/h9-10,17-19,21-22,25H,2-8,11-16,20,23,27H2,1H3;1H/b10-9-;/t25-;/m0./s1. The second kappa shape index (κ2) is 20.9. The summed E-state index contributed by atoms with van der Waals surface area (Å²) < 4.78 is 5.30. The van der Waals surface area contributed by atoms with E-state index in [1.54, 1.807) is 0 Å². The van der Waals surface area contributed by atoms with Gasteiger partial charge < -0.3 is 10.5 Å². The molecule has 0 fully saturated rings. The minimum atomic E-state index is -0.676. The average molecular weight is 438 g/mol. The highest BCUT2D eigenvalue weighted by molar-refractivity contribution is 5.85. The monoisotopic (exact) mass is 437 g/mol. The number of unbranched alkanes of at least 4 members (excludes halogenated alkanes) is 12. The van der Waals surface area contributed by atoms with Crippen LogP contribution in [0.15, 0.2) is 42.5 Å². The van der Waals surface area contributed by atoms with Gasteiger partial charge in [-0.1, -0.05) is 107 Å². The lowest BCUT2D eigenvalue weighted by Crippen LogP contribution is -2.24. The second-order valence-corrected chi connectivity index (χ2v) is 7.99. The molecule has 172 valence electrons. The molecular weight excluding hydrogens is 394 g/mol. The predicted molar refractivity (Wildman–Crippen MR) is 131 cm³/mol. The van der Waals surface area contributed by atoms with E-state index in [4.69, 9.17) is 10.5 Å². The summed E-state index contributed by atoms with van der Waals surface area (Å²) >= 11 is 0. The molecule has 0 amide bonds. The lowest BCUT2D eigenvalue weighted by molar-refractivity contribution is -0.145. The summed E-state index contributed by atoms with van der Waals surface area (Å²) in [6, 6.07) is 8.71. The molecule has 0 aliphatic rings. The van der Waals surface area contributed by atoms with Gasteiger partial charge in [0.05, 0.1) is 6.61 Å². The first-order chi connectivity index (χ1) is 14.3. The van der Waals surface area contributed by atoms with Crippen molar-refractivity contribution < 1.29 is 9.53 Å². The number of rotatable bonds is 18. The fourth-order valence-corrected chi connectivity index (χ4v) is 3.41. The van der Waals surface area contributed by atoms with Gasteiger partial charge in [0.1, 0.15) is 6.04 Å². The summed E-state index contributed by atoms with van der Waals surface area (Å²) in [5.41, 5.74) is 6.73. The fourth-order valence-electron chi connectivity index (χ4n) is 3.41. The van der Waals surface area contributed by atoms with Gasteiger partial charge in [-0.2, -0.15) is 0 Å². The zero-order valence-electron chi connectivity index (χ0n) is 19.0. The molecule has 0 heterocycles. The van der Waals surface area contributed by atoms with Gasteiger partial charge in [0.15, 0.2) is 0 Å². The van der Waals surface area contributed by atoms with E-state index in [1.807, 2.05) is 30.3 Å². The molecule has 0 saturated carbocycles. The molecule has 1 atom stereocenters. The van der Waals surface area contributed by atoms with Crippen LogP contribution in [0.1, 0.15) is 108 Å². The Hall–Kier alpha value is -1.32. The molecule has 0 bridgehead atoms. The summed E-state index contributed by atoms with van der Waals surface area (Å²) in [7, 11) is 0. The van der Waals surface area contributed by atoms with Crippen LogP contribution in [0.3, 0.4) is 0 Å². The van der Waals surface area contributed by atoms with Crippen LogP contribution in [-0.4, -0.2) is 12.6 Å². The molecule has 1 aromatic rings. The number of halogens is 1. The van der Waals surface area contributed by atoms with Gasteiger partial charge in [-0.15, -0.1) is 12.4 Å². The SMILES string of the molecule is CCCCCCCC/C=C\CCCCCCCCOC(=O)[C@@H](N)c1ccccc1.Cl. The quantitative estimate of drug-likeness (QED) is 0.145. The van der Waals surface area contributed by atoms with E-state index in [9.17, 15) is 4.79 Å². The molecule has 0 aliphatic heterocycles. The number of carbonyl (C=O) groups is 1. The average Bonchev–Trinajstić information content (AvgIpc) is 2.75. The van der Waals surface area contributed by atoms with Crippen molar-refractivity contribution in [3.8, 4) is 0 Å². The second-order valence-electron chi connectivity index (χ2n) is 7.99. The third-order valence-corrected chi connectivity index (χ3v) is 5.31. The highest BCUT2D eigenvalue weighted by Crippen LogP contribution is 2.13. The maximum Gasteiger partial charge on any atom is 0.327 e. The minimum absolute atomic E-state index is 0. The van der Waals surface area contributed by atoms with E-state index in [0.29, 0.717) is 6.61 Å². The number of hydrogen-bond acceptors (Lipinski definition) is 3. The van der Waals surface area contributed by atoms with Crippen LogP contribution in [0.5, 0.6) is 0 Å². The Bertz CT molecular complexity index is 533. The van der Waals surface area contributed by atoms with Crippen LogP contribution in [0, 0.1) is 0 Å². The van der Waals surface area contributed by atoms with E-state index in [0.717, 1.165) is 18.4 Å². The summed E-state index contributed by atoms with van der Waals surface area (Å²) in [6.07, 6.45) is 22.6. The first kappa shape index (κ1) is 28.7. The van der Waals surface area contributed by atoms with Crippen molar-refractivity contribution in [1.29, 1.82) is 0 Å². The molecule has 0 radical (unpaired) electrons. The van der Waals surface area contributed by atoms with Crippen LogP contribution in [-0.2, 0) is 9.53 Å². The Kier molecular flexibility index (Phi) is 20.0. The molecule has 2 N–H and O–H groups in total. The van der Waals surface area contributed by atoms with Crippen LogP contribution in [0.4, 0.5) is 0 Å². The first-order valence-electron chi connectivity index (χ1n) is 11.9. The van der Waals surface area contributed by atoms with Crippen LogP contribution < -0.4 is 5.73 Å².